The third-order valence-corrected chi connectivity index (χ3v) is 6.18. The number of benzene rings is 2. The van der Waals surface area contributed by atoms with Crippen molar-refractivity contribution < 1.29 is 18.7 Å². The number of phenolic OH excluding ortho intramolecular Hbond substituents is 1. The number of hydrogen-bond acceptors (Lipinski definition) is 7. The number of hydrogen-bond donors (Lipinski definition) is 1. The first-order chi connectivity index (χ1) is 15.8. The Morgan fingerprint density at radius 3 is 2.73 bits per heavy atom. The largest absolute Gasteiger partial charge is 0.508 e. The van der Waals surface area contributed by atoms with Crippen LogP contribution in [0.5, 0.6) is 11.8 Å². The average Bonchev–Trinajstić information content (AvgIpc) is 2.79. The van der Waals surface area contributed by atoms with Crippen molar-refractivity contribution in [1.29, 1.82) is 0 Å². The number of phenols is 1. The lowest BCUT2D eigenvalue weighted by Crippen LogP contribution is -2.46. The first-order valence-corrected chi connectivity index (χ1v) is 10.4. The zero-order valence-electron chi connectivity index (χ0n) is 18.3. The Kier molecular flexibility index (Phi) is 4.71. The van der Waals surface area contributed by atoms with Crippen molar-refractivity contribution in [1.82, 2.24) is 9.97 Å². The summed E-state index contributed by atoms with van der Waals surface area (Å²) in [7, 11) is 1.46. The molecular formula is C25H20FN3O4. The highest BCUT2D eigenvalue weighted by Crippen LogP contribution is 2.39. The maximum absolute atomic E-state index is 14.5. The molecule has 1 saturated heterocycles. The van der Waals surface area contributed by atoms with Gasteiger partial charge in [0.1, 0.15) is 22.7 Å². The van der Waals surface area contributed by atoms with Crippen LogP contribution in [0.15, 0.2) is 33.5 Å². The summed E-state index contributed by atoms with van der Waals surface area (Å²) in [5.41, 5.74) is 0.541. The molecule has 3 heterocycles. The summed E-state index contributed by atoms with van der Waals surface area (Å²) in [5, 5.41) is 11.4. The van der Waals surface area contributed by atoms with E-state index in [4.69, 9.17) is 15.6 Å². The van der Waals surface area contributed by atoms with Gasteiger partial charge >= 0.3 is 11.6 Å². The molecule has 7 nitrogen and oxygen atoms in total. The monoisotopic (exact) mass is 445 g/mol. The molecule has 8 heteroatoms. The maximum Gasteiger partial charge on any atom is 0.349 e. The highest BCUT2D eigenvalue weighted by atomic mass is 19.1. The van der Waals surface area contributed by atoms with E-state index < -0.39 is 11.4 Å². The quantitative estimate of drug-likeness (QED) is 0.474. The van der Waals surface area contributed by atoms with Crippen molar-refractivity contribution >= 4 is 27.5 Å². The Morgan fingerprint density at radius 1 is 1.30 bits per heavy atom. The molecule has 0 saturated carbocycles. The number of methoxy groups -OCH3 is 1. The summed E-state index contributed by atoms with van der Waals surface area (Å²) >= 11 is 0. The first kappa shape index (κ1) is 20.8. The van der Waals surface area contributed by atoms with Crippen molar-refractivity contribution in [2.75, 3.05) is 18.6 Å². The molecule has 1 unspecified atom stereocenters. The summed E-state index contributed by atoms with van der Waals surface area (Å²) in [6, 6.07) is 5.95. The van der Waals surface area contributed by atoms with E-state index >= 15 is 0 Å². The molecule has 2 aromatic heterocycles. The molecule has 166 valence electrons. The number of fused-ring (bicyclic) bond motifs is 2. The second-order valence-electron chi connectivity index (χ2n) is 8.09. The highest BCUT2D eigenvalue weighted by Gasteiger charge is 2.30. The van der Waals surface area contributed by atoms with Gasteiger partial charge in [0.15, 0.2) is 5.82 Å². The van der Waals surface area contributed by atoms with E-state index in [2.05, 4.69) is 15.9 Å². The molecule has 1 N–H and O–H groups in total. The average molecular weight is 445 g/mol. The fourth-order valence-electron chi connectivity index (χ4n) is 4.35. The lowest BCUT2D eigenvalue weighted by molar-refractivity contribution is 0.379. The Balaban J connectivity index is 1.89. The van der Waals surface area contributed by atoms with E-state index in [9.17, 15) is 14.3 Å². The van der Waals surface area contributed by atoms with Gasteiger partial charge < -0.3 is 19.2 Å². The molecule has 0 aliphatic carbocycles. The number of ether oxygens (including phenoxy) is 1. The van der Waals surface area contributed by atoms with Crippen LogP contribution >= 0.6 is 0 Å². The second kappa shape index (κ2) is 7.48. The smallest absolute Gasteiger partial charge is 0.349 e. The molecule has 0 spiro atoms. The van der Waals surface area contributed by atoms with Gasteiger partial charge in [-0.1, -0.05) is 12.0 Å². The van der Waals surface area contributed by atoms with Crippen molar-refractivity contribution in [3.63, 3.8) is 0 Å². The van der Waals surface area contributed by atoms with Gasteiger partial charge in [0.2, 0.25) is 0 Å². The van der Waals surface area contributed by atoms with Crippen LogP contribution in [-0.2, 0) is 0 Å². The second-order valence-corrected chi connectivity index (χ2v) is 8.09. The van der Waals surface area contributed by atoms with Crippen molar-refractivity contribution in [3.05, 3.63) is 51.6 Å². The zero-order valence-corrected chi connectivity index (χ0v) is 18.3. The number of aromatic hydroxyl groups is 1. The predicted octanol–water partition coefficient (Wildman–Crippen LogP) is 4.14. The standard InChI is InChI=1S/C25H20FN3O4/c1-5-16-18(26)7-6-14-10-15(30)11-17(19(14)16)22-13(3)21-20(24(31)33-22)23(28-25(27-21)32-4)29-9-8-12(29)2/h1,6-7,10-12,30H,8-9H2,2-4H3. The molecule has 1 aliphatic rings. The maximum atomic E-state index is 14.5. The molecule has 1 fully saturated rings. The topological polar surface area (TPSA) is 88.7 Å². The minimum absolute atomic E-state index is 0.0139. The number of terminal acetylenes is 1. The van der Waals surface area contributed by atoms with Gasteiger partial charge in [-0.05, 0) is 43.9 Å². The molecule has 1 aliphatic heterocycles. The summed E-state index contributed by atoms with van der Waals surface area (Å²) in [4.78, 5) is 24.1. The number of anilines is 1. The number of aromatic nitrogens is 2. The van der Waals surface area contributed by atoms with Gasteiger partial charge in [-0.3, -0.25) is 0 Å². The van der Waals surface area contributed by atoms with Crippen LogP contribution in [0, 0.1) is 25.1 Å². The molecule has 0 bridgehead atoms. The number of nitrogens with zero attached hydrogens (tertiary/aromatic N) is 3. The van der Waals surface area contributed by atoms with E-state index in [1.54, 1.807) is 6.92 Å². The summed E-state index contributed by atoms with van der Waals surface area (Å²) in [6.45, 7) is 4.53. The first-order valence-electron chi connectivity index (χ1n) is 10.4. The minimum atomic E-state index is -0.641. The van der Waals surface area contributed by atoms with Gasteiger partial charge in [0, 0.05) is 29.1 Å². The van der Waals surface area contributed by atoms with Gasteiger partial charge in [-0.15, -0.1) is 6.42 Å². The lowest BCUT2D eigenvalue weighted by Gasteiger charge is -2.40. The number of halogens is 1. The van der Waals surface area contributed by atoms with Crippen molar-refractivity contribution in [2.45, 2.75) is 26.3 Å². The molecule has 4 aromatic rings. The molecule has 33 heavy (non-hydrogen) atoms. The summed E-state index contributed by atoms with van der Waals surface area (Å²) in [6.07, 6.45) is 6.58. The Hall–Kier alpha value is -4.12. The lowest BCUT2D eigenvalue weighted by atomic mass is 9.95. The number of rotatable bonds is 3. The van der Waals surface area contributed by atoms with Gasteiger partial charge in [0.05, 0.1) is 18.2 Å². The van der Waals surface area contributed by atoms with Crippen LogP contribution in [0.25, 0.3) is 33.0 Å². The van der Waals surface area contributed by atoms with Crippen molar-refractivity contribution in [2.24, 2.45) is 0 Å². The highest BCUT2D eigenvalue weighted by molar-refractivity contribution is 6.03. The zero-order chi connectivity index (χ0) is 23.4. The summed E-state index contributed by atoms with van der Waals surface area (Å²) in [5.74, 6) is 2.30. The molecule has 1 atom stereocenters. The Morgan fingerprint density at radius 2 is 2.09 bits per heavy atom. The van der Waals surface area contributed by atoms with Gasteiger partial charge in [-0.25, -0.2) is 9.18 Å². The van der Waals surface area contributed by atoms with Crippen LogP contribution in [0.2, 0.25) is 0 Å². The third-order valence-electron chi connectivity index (χ3n) is 6.18. The van der Waals surface area contributed by atoms with E-state index in [1.165, 1.54) is 31.4 Å². The fourth-order valence-corrected chi connectivity index (χ4v) is 4.35. The normalized spacial score (nSPS) is 15.5. The molecular weight excluding hydrogens is 425 g/mol. The van der Waals surface area contributed by atoms with E-state index in [0.29, 0.717) is 33.2 Å². The van der Waals surface area contributed by atoms with Crippen LogP contribution in [-0.4, -0.2) is 34.8 Å². The Bertz CT molecular complexity index is 1550. The van der Waals surface area contributed by atoms with Crippen LogP contribution < -0.4 is 15.3 Å². The van der Waals surface area contributed by atoms with Crippen molar-refractivity contribution in [3.8, 4) is 35.4 Å². The Labute approximate surface area is 188 Å². The SMILES string of the molecule is C#Cc1c(F)ccc2cc(O)cc(-c3oc(=O)c4c(N5CCC5C)nc(OC)nc4c3C)c12. The van der Waals surface area contributed by atoms with Crippen LogP contribution in [0.1, 0.15) is 24.5 Å². The minimum Gasteiger partial charge on any atom is -0.508 e. The van der Waals surface area contributed by atoms with Gasteiger partial charge in [0.25, 0.3) is 0 Å². The third kappa shape index (κ3) is 3.08. The van der Waals surface area contributed by atoms with Gasteiger partial charge in [-0.2, -0.15) is 9.97 Å². The fraction of sp³-hybridized carbons (Fsp3) is 0.240. The van der Waals surface area contributed by atoms with Crippen LogP contribution in [0.4, 0.5) is 10.2 Å². The van der Waals surface area contributed by atoms with E-state index in [-0.39, 0.29) is 34.5 Å². The molecule has 0 amide bonds. The number of aryl methyl sites for hydroxylation is 1. The predicted molar refractivity (Wildman–Crippen MR) is 123 cm³/mol. The summed E-state index contributed by atoms with van der Waals surface area (Å²) < 4.78 is 25.6. The molecule has 5 rings (SSSR count). The molecule has 0 radical (unpaired) electrons. The van der Waals surface area contributed by atoms with Crippen LogP contribution in [0.3, 0.4) is 0 Å². The van der Waals surface area contributed by atoms with E-state index in [1.807, 2.05) is 11.8 Å². The molecule has 2 aromatic carbocycles. The van der Waals surface area contributed by atoms with E-state index in [0.717, 1.165) is 13.0 Å².